The van der Waals surface area contributed by atoms with Gasteiger partial charge in [-0.3, -0.25) is 14.8 Å². The number of benzene rings is 1. The predicted octanol–water partition coefficient (Wildman–Crippen LogP) is 2.71. The number of hydrogen-bond donors (Lipinski definition) is 1. The van der Waals surface area contributed by atoms with Gasteiger partial charge in [0.1, 0.15) is 0 Å². The fraction of sp³-hybridized carbons (Fsp3) is 0.0625. The number of hydrogen-bond acceptors (Lipinski definition) is 6. The molecule has 0 fully saturated rings. The van der Waals surface area contributed by atoms with Crippen molar-refractivity contribution in [3.63, 3.8) is 0 Å². The van der Waals surface area contributed by atoms with Crippen molar-refractivity contribution < 1.29 is 4.79 Å². The Hall–Kier alpha value is -2.60. The van der Waals surface area contributed by atoms with Gasteiger partial charge in [-0.25, -0.2) is 9.97 Å². The van der Waals surface area contributed by atoms with Crippen LogP contribution in [-0.2, 0) is 0 Å². The lowest BCUT2D eigenvalue weighted by Gasteiger charge is -2.09. The highest BCUT2D eigenvalue weighted by Gasteiger charge is 2.15. The van der Waals surface area contributed by atoms with Crippen LogP contribution in [0.2, 0.25) is 0 Å². The number of carbonyl (C=O) groups excluding carboxylic acids is 1. The zero-order valence-corrected chi connectivity index (χ0v) is 12.4. The van der Waals surface area contributed by atoms with Crippen LogP contribution in [0, 0.1) is 0 Å². The molecular weight excluding hydrogens is 296 g/mol. The summed E-state index contributed by atoms with van der Waals surface area (Å²) >= 11 is 4.07. The standard InChI is InChI=1S/C16H12N4OS/c21-15(10-22)12-3-2-11(14-9-17-6-7-18-14)8-13(12)16-19-4-1-5-20-16/h1-9,22H,10H2. The van der Waals surface area contributed by atoms with E-state index in [1.807, 2.05) is 12.1 Å². The molecule has 0 unspecified atom stereocenters. The molecule has 5 nitrogen and oxygen atoms in total. The van der Waals surface area contributed by atoms with E-state index in [9.17, 15) is 4.79 Å². The summed E-state index contributed by atoms with van der Waals surface area (Å²) in [4.78, 5) is 28.9. The molecule has 0 aliphatic heterocycles. The van der Waals surface area contributed by atoms with Crippen molar-refractivity contribution in [1.29, 1.82) is 0 Å². The van der Waals surface area contributed by atoms with Gasteiger partial charge >= 0.3 is 0 Å². The molecule has 2 aromatic heterocycles. The van der Waals surface area contributed by atoms with Crippen LogP contribution in [0.3, 0.4) is 0 Å². The van der Waals surface area contributed by atoms with Crippen molar-refractivity contribution >= 4 is 18.4 Å². The monoisotopic (exact) mass is 308 g/mol. The van der Waals surface area contributed by atoms with Crippen molar-refractivity contribution in [2.75, 3.05) is 5.75 Å². The maximum atomic E-state index is 12.1. The molecule has 2 heterocycles. The van der Waals surface area contributed by atoms with E-state index >= 15 is 0 Å². The number of aromatic nitrogens is 4. The molecule has 0 saturated carbocycles. The highest BCUT2D eigenvalue weighted by atomic mass is 32.1. The van der Waals surface area contributed by atoms with E-state index in [4.69, 9.17) is 0 Å². The number of ketones is 1. The molecular formula is C16H12N4OS. The Labute approximate surface area is 132 Å². The third-order valence-electron chi connectivity index (χ3n) is 3.13. The lowest BCUT2D eigenvalue weighted by molar-refractivity contribution is 0.102. The minimum Gasteiger partial charge on any atom is -0.293 e. The van der Waals surface area contributed by atoms with Gasteiger partial charge in [-0.05, 0) is 18.2 Å². The summed E-state index contributed by atoms with van der Waals surface area (Å²) in [5.74, 6) is 0.555. The Balaban J connectivity index is 2.17. The topological polar surface area (TPSA) is 68.6 Å². The van der Waals surface area contributed by atoms with Crippen molar-refractivity contribution in [3.05, 3.63) is 60.8 Å². The van der Waals surface area contributed by atoms with Gasteiger partial charge in [0, 0.05) is 41.5 Å². The van der Waals surface area contributed by atoms with E-state index in [1.165, 1.54) is 0 Å². The Kier molecular flexibility index (Phi) is 4.20. The third-order valence-corrected chi connectivity index (χ3v) is 3.42. The Bertz CT molecular complexity index is 794. The van der Waals surface area contributed by atoms with E-state index in [-0.39, 0.29) is 11.5 Å². The van der Waals surface area contributed by atoms with Crippen LogP contribution in [0.5, 0.6) is 0 Å². The average Bonchev–Trinajstić information content (AvgIpc) is 2.62. The van der Waals surface area contributed by atoms with E-state index in [0.717, 1.165) is 11.3 Å². The molecule has 0 radical (unpaired) electrons. The molecule has 0 atom stereocenters. The second-order valence-corrected chi connectivity index (χ2v) is 4.82. The van der Waals surface area contributed by atoms with Crippen molar-refractivity contribution in [2.45, 2.75) is 0 Å². The van der Waals surface area contributed by atoms with Gasteiger partial charge in [0.2, 0.25) is 0 Å². The molecule has 0 saturated heterocycles. The van der Waals surface area contributed by atoms with Crippen LogP contribution < -0.4 is 0 Å². The second kappa shape index (κ2) is 6.44. The van der Waals surface area contributed by atoms with Crippen LogP contribution in [-0.4, -0.2) is 31.5 Å². The van der Waals surface area contributed by atoms with Gasteiger partial charge in [-0.15, -0.1) is 0 Å². The Morgan fingerprint density at radius 3 is 2.55 bits per heavy atom. The molecule has 0 amide bonds. The summed E-state index contributed by atoms with van der Waals surface area (Å²) in [5.41, 5.74) is 2.80. The molecule has 0 spiro atoms. The van der Waals surface area contributed by atoms with E-state index in [2.05, 4.69) is 32.6 Å². The number of thiol groups is 1. The molecule has 22 heavy (non-hydrogen) atoms. The summed E-state index contributed by atoms with van der Waals surface area (Å²) < 4.78 is 0. The third kappa shape index (κ3) is 2.87. The van der Waals surface area contributed by atoms with Crippen LogP contribution in [0.25, 0.3) is 22.6 Å². The van der Waals surface area contributed by atoms with Crippen LogP contribution in [0.15, 0.2) is 55.2 Å². The smallest absolute Gasteiger partial charge is 0.173 e. The number of nitrogens with zero attached hydrogens (tertiary/aromatic N) is 4. The van der Waals surface area contributed by atoms with E-state index < -0.39 is 0 Å². The van der Waals surface area contributed by atoms with E-state index in [0.29, 0.717) is 17.0 Å². The van der Waals surface area contributed by atoms with Crippen molar-refractivity contribution in [3.8, 4) is 22.6 Å². The fourth-order valence-corrected chi connectivity index (χ4v) is 2.27. The molecule has 108 valence electrons. The normalized spacial score (nSPS) is 10.4. The van der Waals surface area contributed by atoms with Gasteiger partial charge < -0.3 is 0 Å². The van der Waals surface area contributed by atoms with Gasteiger partial charge in [-0.1, -0.05) is 6.07 Å². The van der Waals surface area contributed by atoms with Gasteiger partial charge in [0.15, 0.2) is 11.6 Å². The van der Waals surface area contributed by atoms with Crippen LogP contribution >= 0.6 is 12.6 Å². The SMILES string of the molecule is O=C(CS)c1ccc(-c2cnccn2)cc1-c1ncccn1. The molecule has 0 N–H and O–H groups in total. The Morgan fingerprint density at radius 1 is 1.05 bits per heavy atom. The molecule has 3 rings (SSSR count). The summed E-state index contributed by atoms with van der Waals surface area (Å²) in [6.07, 6.45) is 8.20. The predicted molar refractivity (Wildman–Crippen MR) is 86.7 cm³/mol. The highest BCUT2D eigenvalue weighted by molar-refractivity contribution is 7.81. The first kappa shape index (κ1) is 14.3. The van der Waals surface area contributed by atoms with Crippen molar-refractivity contribution in [1.82, 2.24) is 19.9 Å². The number of rotatable bonds is 4. The van der Waals surface area contributed by atoms with Gasteiger partial charge in [-0.2, -0.15) is 12.6 Å². The summed E-state index contributed by atoms with van der Waals surface area (Å²) in [5, 5.41) is 0. The molecule has 0 aliphatic rings. The largest absolute Gasteiger partial charge is 0.293 e. The second-order valence-electron chi connectivity index (χ2n) is 4.50. The van der Waals surface area contributed by atoms with Crippen molar-refractivity contribution in [2.24, 2.45) is 0 Å². The maximum absolute atomic E-state index is 12.1. The van der Waals surface area contributed by atoms with E-state index in [1.54, 1.807) is 43.1 Å². The lowest BCUT2D eigenvalue weighted by Crippen LogP contribution is -2.04. The van der Waals surface area contributed by atoms with Crippen LogP contribution in [0.4, 0.5) is 0 Å². The zero-order chi connectivity index (χ0) is 15.4. The number of carbonyl (C=O) groups is 1. The molecule has 0 aliphatic carbocycles. The molecule has 0 bridgehead atoms. The summed E-state index contributed by atoms with van der Waals surface area (Å²) in [6, 6.07) is 7.19. The minimum atomic E-state index is -0.0727. The van der Waals surface area contributed by atoms with Gasteiger partial charge in [0.25, 0.3) is 0 Å². The number of Topliss-reactive ketones (excluding diaryl/α,β-unsaturated/α-hetero) is 1. The molecule has 1 aromatic carbocycles. The summed E-state index contributed by atoms with van der Waals surface area (Å²) in [7, 11) is 0. The maximum Gasteiger partial charge on any atom is 0.173 e. The molecule has 3 aromatic rings. The summed E-state index contributed by atoms with van der Waals surface area (Å²) in [6.45, 7) is 0. The first-order valence-electron chi connectivity index (χ1n) is 6.61. The Morgan fingerprint density at radius 2 is 1.86 bits per heavy atom. The zero-order valence-electron chi connectivity index (χ0n) is 11.5. The van der Waals surface area contributed by atoms with Gasteiger partial charge in [0.05, 0.1) is 17.6 Å². The first-order chi connectivity index (χ1) is 10.8. The quantitative estimate of drug-likeness (QED) is 0.593. The average molecular weight is 308 g/mol. The first-order valence-corrected chi connectivity index (χ1v) is 7.24. The molecule has 6 heteroatoms. The lowest BCUT2D eigenvalue weighted by atomic mass is 9.99. The highest BCUT2D eigenvalue weighted by Crippen LogP contribution is 2.27. The van der Waals surface area contributed by atoms with Crippen LogP contribution in [0.1, 0.15) is 10.4 Å². The minimum absolute atomic E-state index is 0.0727. The fourth-order valence-electron chi connectivity index (χ4n) is 2.10.